The fourth-order valence-electron chi connectivity index (χ4n) is 6.16. The first kappa shape index (κ1) is 23.8. The van der Waals surface area contributed by atoms with E-state index in [1.807, 2.05) is 28.8 Å². The van der Waals surface area contributed by atoms with Crippen LogP contribution in [0.5, 0.6) is 0 Å². The molecule has 0 spiro atoms. The number of aromatic nitrogens is 2. The Labute approximate surface area is 207 Å². The number of esters is 1. The van der Waals surface area contributed by atoms with Gasteiger partial charge in [0.25, 0.3) is 5.56 Å². The fraction of sp³-hybridized carbons (Fsp3) is 0.552. The van der Waals surface area contributed by atoms with Gasteiger partial charge in [0.2, 0.25) is 0 Å². The minimum atomic E-state index is -0.223. The average molecular weight is 476 g/mol. The van der Waals surface area contributed by atoms with E-state index in [1.165, 1.54) is 18.4 Å². The highest BCUT2D eigenvalue weighted by molar-refractivity contribution is 5.75. The normalized spacial score (nSPS) is 25.9. The van der Waals surface area contributed by atoms with Crippen LogP contribution in [0.1, 0.15) is 71.0 Å². The van der Waals surface area contributed by atoms with Crippen LogP contribution in [0.2, 0.25) is 0 Å². The van der Waals surface area contributed by atoms with Crippen LogP contribution in [0.4, 0.5) is 0 Å². The molecule has 2 aromatic rings. The van der Waals surface area contributed by atoms with Gasteiger partial charge < -0.3 is 14.2 Å². The summed E-state index contributed by atoms with van der Waals surface area (Å²) in [5.74, 6) is 1.02. The van der Waals surface area contributed by atoms with Gasteiger partial charge in [-0.1, -0.05) is 24.3 Å². The Kier molecular flexibility index (Phi) is 6.56. The molecule has 3 aliphatic carbocycles. The molecule has 1 aliphatic heterocycles. The lowest BCUT2D eigenvalue weighted by Gasteiger charge is -2.56. The number of nitrogens with zero attached hydrogens (tertiary/aromatic N) is 3. The van der Waals surface area contributed by atoms with E-state index in [0.29, 0.717) is 55.5 Å². The van der Waals surface area contributed by atoms with Gasteiger partial charge in [-0.2, -0.15) is 0 Å². The zero-order valence-electron chi connectivity index (χ0n) is 21.2. The molecule has 2 heterocycles. The Morgan fingerprint density at radius 2 is 2.06 bits per heavy atom. The number of hydrogen-bond acceptors (Lipinski definition) is 5. The van der Waals surface area contributed by atoms with Gasteiger partial charge in [-0.15, -0.1) is 0 Å². The van der Waals surface area contributed by atoms with Crippen molar-refractivity contribution in [2.45, 2.75) is 83.8 Å². The van der Waals surface area contributed by atoms with Crippen molar-refractivity contribution in [2.75, 3.05) is 6.61 Å². The predicted octanol–water partition coefficient (Wildman–Crippen LogP) is 5.18. The van der Waals surface area contributed by atoms with Gasteiger partial charge in [-0.3, -0.25) is 9.59 Å². The van der Waals surface area contributed by atoms with Crippen molar-refractivity contribution < 1.29 is 9.53 Å². The summed E-state index contributed by atoms with van der Waals surface area (Å²) in [4.78, 5) is 32.6. The average Bonchev–Trinajstić information content (AvgIpc) is 3.15. The first-order valence-electron chi connectivity index (χ1n) is 13.2. The summed E-state index contributed by atoms with van der Waals surface area (Å²) in [5, 5.41) is 0. The standard InChI is InChI=1S/C29H37N3O3/c1-5-35-28(33)12-8-10-26-29(34)32(27-11-7-6-9-25(27)30-26)19(3)15-21-14-13-18(2)31(21)17-24-22-16-23(24)20(22)4/h6-7,9,11,17-19,21-23H,4-5,8,10,12-16H2,1-3H3/t18-,19-,21-,22?,23?/m0/s1. The van der Waals surface area contributed by atoms with E-state index in [1.54, 1.807) is 12.5 Å². The smallest absolute Gasteiger partial charge is 0.305 e. The second-order valence-corrected chi connectivity index (χ2v) is 10.5. The van der Waals surface area contributed by atoms with Gasteiger partial charge in [-0.05, 0) is 83.2 Å². The van der Waals surface area contributed by atoms with Crippen LogP contribution < -0.4 is 5.56 Å². The third kappa shape index (κ3) is 4.32. The van der Waals surface area contributed by atoms with E-state index in [2.05, 4.69) is 36.5 Å². The topological polar surface area (TPSA) is 64.4 Å². The van der Waals surface area contributed by atoms with Crippen LogP contribution in [-0.2, 0) is 16.0 Å². The minimum Gasteiger partial charge on any atom is -0.466 e. The number of aryl methyl sites for hydroxylation is 1. The molecule has 2 bridgehead atoms. The molecule has 1 aromatic heterocycles. The zero-order valence-corrected chi connectivity index (χ0v) is 21.2. The van der Waals surface area contributed by atoms with E-state index in [0.717, 1.165) is 23.9 Å². The highest BCUT2D eigenvalue weighted by Gasteiger charge is 2.52. The van der Waals surface area contributed by atoms with Crippen molar-refractivity contribution in [3.63, 3.8) is 0 Å². The van der Waals surface area contributed by atoms with Gasteiger partial charge in [-0.25, -0.2) is 4.98 Å². The second-order valence-electron chi connectivity index (χ2n) is 10.5. The minimum absolute atomic E-state index is 0.0347. The van der Waals surface area contributed by atoms with Crippen LogP contribution >= 0.6 is 0 Å². The van der Waals surface area contributed by atoms with Crippen molar-refractivity contribution in [3.05, 3.63) is 64.2 Å². The zero-order chi connectivity index (χ0) is 24.7. The molecule has 6 heteroatoms. The molecule has 0 N–H and O–H groups in total. The van der Waals surface area contributed by atoms with Crippen molar-refractivity contribution in [1.82, 2.24) is 14.5 Å². The summed E-state index contributed by atoms with van der Waals surface area (Å²) in [6.45, 7) is 10.9. The quantitative estimate of drug-likeness (QED) is 0.370. The summed E-state index contributed by atoms with van der Waals surface area (Å²) in [6.07, 6.45) is 8.29. The van der Waals surface area contributed by atoms with Gasteiger partial charge in [0.1, 0.15) is 5.69 Å². The SMILES string of the molecule is C=C1C2CC1C2=CN1[C@H](C[C@H](C)n2c(=O)c(CCCC(=O)OCC)nc3ccccc32)CC[C@@H]1C. The molecule has 4 aliphatic rings. The first-order valence-corrected chi connectivity index (χ1v) is 13.2. The summed E-state index contributed by atoms with van der Waals surface area (Å²) in [7, 11) is 0. The Bertz CT molecular complexity index is 1220. The van der Waals surface area contributed by atoms with E-state index in [9.17, 15) is 9.59 Å². The Morgan fingerprint density at radius 3 is 2.77 bits per heavy atom. The number of carbonyl (C=O) groups excluding carboxylic acids is 1. The molecule has 6 nitrogen and oxygen atoms in total. The highest BCUT2D eigenvalue weighted by Crippen LogP contribution is 2.62. The van der Waals surface area contributed by atoms with Crippen molar-refractivity contribution in [2.24, 2.45) is 11.8 Å². The van der Waals surface area contributed by atoms with Crippen molar-refractivity contribution >= 4 is 17.0 Å². The molecular formula is C29H37N3O3. The maximum Gasteiger partial charge on any atom is 0.305 e. The summed E-state index contributed by atoms with van der Waals surface area (Å²) in [5.41, 5.74) is 5.19. The van der Waals surface area contributed by atoms with E-state index >= 15 is 0 Å². The molecule has 0 amide bonds. The number of likely N-dealkylation sites (tertiary alicyclic amines) is 1. The summed E-state index contributed by atoms with van der Waals surface area (Å²) >= 11 is 0. The molecule has 186 valence electrons. The monoisotopic (exact) mass is 475 g/mol. The van der Waals surface area contributed by atoms with Gasteiger partial charge in [0.05, 0.1) is 17.6 Å². The number of allylic oxidation sites excluding steroid dienone is 2. The summed E-state index contributed by atoms with van der Waals surface area (Å²) in [6, 6.07) is 8.88. The number of hydrogen-bond donors (Lipinski definition) is 0. The van der Waals surface area contributed by atoms with Crippen LogP contribution in [0, 0.1) is 11.8 Å². The Morgan fingerprint density at radius 1 is 1.29 bits per heavy atom. The molecule has 2 unspecified atom stereocenters. The summed E-state index contributed by atoms with van der Waals surface area (Å²) < 4.78 is 6.98. The number of rotatable bonds is 9. The maximum absolute atomic E-state index is 13.6. The lowest BCUT2D eigenvalue weighted by atomic mass is 9.49. The van der Waals surface area contributed by atoms with Gasteiger partial charge in [0, 0.05) is 36.4 Å². The largest absolute Gasteiger partial charge is 0.466 e. The Balaban J connectivity index is 1.37. The number of fused-ring (bicyclic) bond motifs is 1. The number of benzene rings is 1. The fourth-order valence-corrected chi connectivity index (χ4v) is 6.16. The molecule has 1 aromatic carbocycles. The van der Waals surface area contributed by atoms with Crippen molar-refractivity contribution in [3.8, 4) is 0 Å². The Hall–Kier alpha value is -2.89. The number of carbonyl (C=O) groups is 1. The molecule has 35 heavy (non-hydrogen) atoms. The lowest BCUT2D eigenvalue weighted by Crippen LogP contribution is -2.47. The molecule has 3 saturated carbocycles. The van der Waals surface area contributed by atoms with E-state index in [-0.39, 0.29) is 17.6 Å². The maximum atomic E-state index is 13.6. The van der Waals surface area contributed by atoms with Gasteiger partial charge in [0.15, 0.2) is 0 Å². The molecule has 0 radical (unpaired) electrons. The van der Waals surface area contributed by atoms with E-state index < -0.39 is 0 Å². The molecule has 6 rings (SSSR count). The molecule has 5 atom stereocenters. The first-order chi connectivity index (χ1) is 16.9. The highest BCUT2D eigenvalue weighted by atomic mass is 16.5. The number of ether oxygens (including phenoxy) is 1. The van der Waals surface area contributed by atoms with E-state index in [4.69, 9.17) is 4.74 Å². The predicted molar refractivity (Wildman–Crippen MR) is 138 cm³/mol. The van der Waals surface area contributed by atoms with Crippen molar-refractivity contribution in [1.29, 1.82) is 0 Å². The van der Waals surface area contributed by atoms with Crippen LogP contribution in [0.15, 0.2) is 53.0 Å². The van der Waals surface area contributed by atoms with Crippen LogP contribution in [-0.4, -0.2) is 39.1 Å². The molecular weight excluding hydrogens is 438 g/mol. The third-order valence-electron chi connectivity index (χ3n) is 8.33. The number of para-hydroxylation sites is 2. The lowest BCUT2D eigenvalue weighted by molar-refractivity contribution is -0.143. The molecule has 1 saturated heterocycles. The molecule has 4 fully saturated rings. The van der Waals surface area contributed by atoms with Gasteiger partial charge >= 0.3 is 5.97 Å². The van der Waals surface area contributed by atoms with Crippen LogP contribution in [0.25, 0.3) is 11.0 Å². The van der Waals surface area contributed by atoms with Crippen LogP contribution in [0.3, 0.4) is 0 Å². The second kappa shape index (κ2) is 9.63. The third-order valence-corrected chi connectivity index (χ3v) is 8.33.